The lowest BCUT2D eigenvalue weighted by atomic mass is 9.74. The molecule has 1 unspecified atom stereocenters. The van der Waals surface area contributed by atoms with Crippen molar-refractivity contribution in [1.29, 1.82) is 0 Å². The van der Waals surface area contributed by atoms with Crippen molar-refractivity contribution in [3.63, 3.8) is 0 Å². The van der Waals surface area contributed by atoms with Gasteiger partial charge in [0.05, 0.1) is 0 Å². The topological polar surface area (TPSA) is 106 Å². The molecule has 9 nitrogen and oxygen atoms in total. The summed E-state index contributed by atoms with van der Waals surface area (Å²) < 4.78 is 16.6. The van der Waals surface area contributed by atoms with Crippen molar-refractivity contribution < 1.29 is 28.6 Å². The van der Waals surface area contributed by atoms with Gasteiger partial charge in [-0.25, -0.2) is 4.79 Å². The molecule has 6 rings (SSSR count). The van der Waals surface area contributed by atoms with Crippen LogP contribution in [0.5, 0.6) is 11.5 Å². The van der Waals surface area contributed by atoms with Gasteiger partial charge in [-0.3, -0.25) is 14.5 Å². The number of aryl methyl sites for hydroxylation is 1. The van der Waals surface area contributed by atoms with Gasteiger partial charge >= 0.3 is 6.03 Å². The fourth-order valence-electron chi connectivity index (χ4n) is 5.76. The number of fused-ring (bicyclic) bond motifs is 3. The van der Waals surface area contributed by atoms with Gasteiger partial charge in [0.25, 0.3) is 5.91 Å². The normalized spacial score (nSPS) is 23.9. The molecule has 0 bridgehead atoms. The van der Waals surface area contributed by atoms with Gasteiger partial charge < -0.3 is 24.8 Å². The molecule has 3 aliphatic heterocycles. The summed E-state index contributed by atoms with van der Waals surface area (Å²) in [6.45, 7) is 1.41. The Morgan fingerprint density at radius 1 is 1.03 bits per heavy atom. The zero-order valence-corrected chi connectivity index (χ0v) is 19.3. The molecule has 1 atom stereocenters. The van der Waals surface area contributed by atoms with Gasteiger partial charge in [0.1, 0.15) is 12.1 Å². The van der Waals surface area contributed by atoms with E-state index in [1.165, 1.54) is 0 Å². The van der Waals surface area contributed by atoms with E-state index >= 15 is 0 Å². The fourth-order valence-corrected chi connectivity index (χ4v) is 5.76. The van der Waals surface area contributed by atoms with Crippen LogP contribution in [0.1, 0.15) is 36.0 Å². The summed E-state index contributed by atoms with van der Waals surface area (Å²) >= 11 is 0. The molecule has 0 aromatic heterocycles. The molecule has 4 aliphatic rings. The summed E-state index contributed by atoms with van der Waals surface area (Å²) in [4.78, 5) is 40.1. The first-order valence-electron chi connectivity index (χ1n) is 12.0. The summed E-state index contributed by atoms with van der Waals surface area (Å²) in [6.07, 6.45) is 2.68. The van der Waals surface area contributed by atoms with Gasteiger partial charge in [-0.2, -0.15) is 0 Å². The van der Waals surface area contributed by atoms with E-state index in [2.05, 4.69) is 10.6 Å². The molecule has 0 saturated carbocycles. The van der Waals surface area contributed by atoms with Crippen LogP contribution in [0.15, 0.2) is 42.5 Å². The zero-order chi connectivity index (χ0) is 24.0. The molecule has 2 fully saturated rings. The highest BCUT2D eigenvalue weighted by molar-refractivity contribution is 6.09. The largest absolute Gasteiger partial charge is 0.454 e. The van der Waals surface area contributed by atoms with Crippen LogP contribution in [0, 0.1) is 0 Å². The molecular weight excluding hydrogens is 450 g/mol. The summed E-state index contributed by atoms with van der Waals surface area (Å²) in [6, 6.07) is 13.0. The highest BCUT2D eigenvalue weighted by Gasteiger charge is 2.55. The fraction of sp³-hybridized carbons (Fsp3) is 0.423. The summed E-state index contributed by atoms with van der Waals surface area (Å²) in [7, 11) is 0. The average Bonchev–Trinajstić information content (AvgIpc) is 3.57. The maximum absolute atomic E-state index is 13.4. The second-order valence-electron chi connectivity index (χ2n) is 9.62. The van der Waals surface area contributed by atoms with Crippen molar-refractivity contribution >= 4 is 17.8 Å². The lowest BCUT2D eigenvalue weighted by molar-refractivity contribution is -0.135. The van der Waals surface area contributed by atoms with E-state index in [0.29, 0.717) is 44.1 Å². The Kier molecular flexibility index (Phi) is 5.17. The van der Waals surface area contributed by atoms with Crippen LogP contribution in [-0.4, -0.2) is 55.8 Å². The number of hydrogen-bond acceptors (Lipinski definition) is 6. The molecule has 0 radical (unpaired) electrons. The third-order valence-electron chi connectivity index (χ3n) is 7.78. The van der Waals surface area contributed by atoms with Gasteiger partial charge in [0.2, 0.25) is 12.7 Å². The van der Waals surface area contributed by atoms with E-state index < -0.39 is 11.6 Å². The molecule has 3 heterocycles. The Morgan fingerprint density at radius 2 is 1.83 bits per heavy atom. The second kappa shape index (κ2) is 8.27. The van der Waals surface area contributed by atoms with E-state index in [-0.39, 0.29) is 30.6 Å². The number of nitrogens with one attached hydrogen (secondary N) is 2. The Morgan fingerprint density at radius 3 is 2.69 bits per heavy atom. The van der Waals surface area contributed by atoms with Crippen molar-refractivity contribution in [2.75, 3.05) is 33.1 Å². The summed E-state index contributed by atoms with van der Waals surface area (Å²) in [5.41, 5.74) is 1.52. The van der Waals surface area contributed by atoms with E-state index in [0.717, 1.165) is 34.4 Å². The third kappa shape index (κ3) is 3.53. The zero-order valence-electron chi connectivity index (χ0n) is 19.3. The first kappa shape index (κ1) is 21.9. The van der Waals surface area contributed by atoms with Gasteiger partial charge in [0, 0.05) is 25.2 Å². The predicted octanol–water partition coefficient (Wildman–Crippen LogP) is 1.97. The first-order valence-corrected chi connectivity index (χ1v) is 12.0. The van der Waals surface area contributed by atoms with E-state index in [1.54, 1.807) is 0 Å². The van der Waals surface area contributed by atoms with Crippen LogP contribution in [-0.2, 0) is 31.7 Å². The number of rotatable bonds is 5. The Hall–Kier alpha value is -3.59. The SMILES string of the molecule is O=C(CN1C(=O)NC2(CCc3ccccc32)C1=O)NCC1(c2ccc3c(c2)OCO3)CCOCC1. The number of hydrogen-bond donors (Lipinski definition) is 2. The second-order valence-corrected chi connectivity index (χ2v) is 9.62. The minimum absolute atomic E-state index is 0.198. The maximum Gasteiger partial charge on any atom is 0.325 e. The highest BCUT2D eigenvalue weighted by atomic mass is 16.7. The Bertz CT molecular complexity index is 1210. The summed E-state index contributed by atoms with van der Waals surface area (Å²) in [5, 5.41) is 5.85. The van der Waals surface area contributed by atoms with Crippen LogP contribution in [0.2, 0.25) is 0 Å². The number of urea groups is 1. The number of amides is 4. The molecule has 2 saturated heterocycles. The van der Waals surface area contributed by atoms with Crippen molar-refractivity contribution in [3.8, 4) is 11.5 Å². The van der Waals surface area contributed by atoms with Crippen LogP contribution in [0.3, 0.4) is 0 Å². The highest BCUT2D eigenvalue weighted by Crippen LogP contribution is 2.42. The van der Waals surface area contributed by atoms with Gasteiger partial charge in [-0.15, -0.1) is 0 Å². The van der Waals surface area contributed by atoms with Crippen molar-refractivity contribution in [2.45, 2.75) is 36.6 Å². The van der Waals surface area contributed by atoms with E-state index in [4.69, 9.17) is 14.2 Å². The number of carbonyl (C=O) groups excluding carboxylic acids is 3. The molecule has 4 amide bonds. The third-order valence-corrected chi connectivity index (χ3v) is 7.78. The number of ether oxygens (including phenoxy) is 3. The molecular formula is C26H27N3O6. The van der Waals surface area contributed by atoms with Gasteiger partial charge in [0.15, 0.2) is 11.5 Å². The molecule has 2 aromatic carbocycles. The number of imide groups is 1. The molecule has 1 spiro atoms. The first-order chi connectivity index (χ1) is 17.0. The smallest absolute Gasteiger partial charge is 0.325 e. The minimum atomic E-state index is -1.07. The minimum Gasteiger partial charge on any atom is -0.454 e. The molecule has 9 heteroatoms. The molecule has 1 aliphatic carbocycles. The molecule has 2 aromatic rings. The van der Waals surface area contributed by atoms with Gasteiger partial charge in [-0.05, 0) is 54.5 Å². The van der Waals surface area contributed by atoms with Crippen LogP contribution in [0.25, 0.3) is 0 Å². The van der Waals surface area contributed by atoms with E-state index in [9.17, 15) is 14.4 Å². The Labute approximate surface area is 202 Å². The van der Waals surface area contributed by atoms with Gasteiger partial charge in [-0.1, -0.05) is 30.3 Å². The number of carbonyl (C=O) groups is 3. The molecule has 35 heavy (non-hydrogen) atoms. The van der Waals surface area contributed by atoms with Crippen LogP contribution >= 0.6 is 0 Å². The van der Waals surface area contributed by atoms with Crippen molar-refractivity contribution in [2.24, 2.45) is 0 Å². The van der Waals surface area contributed by atoms with E-state index in [1.807, 2.05) is 42.5 Å². The van der Waals surface area contributed by atoms with Crippen LogP contribution in [0.4, 0.5) is 4.79 Å². The van der Waals surface area contributed by atoms with Crippen molar-refractivity contribution in [1.82, 2.24) is 15.5 Å². The quantitative estimate of drug-likeness (QED) is 0.638. The number of benzene rings is 2. The molecule has 2 N–H and O–H groups in total. The average molecular weight is 478 g/mol. The van der Waals surface area contributed by atoms with Crippen LogP contribution < -0.4 is 20.1 Å². The maximum atomic E-state index is 13.4. The standard InChI is InChI=1S/C26H27N3O6/c30-22(14-29-23(31)26(28-24(29)32)8-7-17-3-1-2-4-19(17)26)27-15-25(9-11-33-12-10-25)18-5-6-20-21(13-18)35-16-34-20/h1-6,13H,7-12,14-16H2,(H,27,30)(H,28,32). The monoisotopic (exact) mass is 477 g/mol. The summed E-state index contributed by atoms with van der Waals surface area (Å²) in [5.74, 6) is 0.671. The predicted molar refractivity (Wildman–Crippen MR) is 124 cm³/mol. The molecule has 182 valence electrons. The lowest BCUT2D eigenvalue weighted by Gasteiger charge is -2.38. The lowest BCUT2D eigenvalue weighted by Crippen LogP contribution is -2.48. The van der Waals surface area contributed by atoms with Crippen molar-refractivity contribution in [3.05, 3.63) is 59.2 Å². The Balaban J connectivity index is 1.17. The number of nitrogens with zero attached hydrogens (tertiary/aromatic N) is 1.